The topological polar surface area (TPSA) is 49.9 Å². The second-order valence-electron chi connectivity index (χ2n) is 9.26. The first-order valence-corrected chi connectivity index (χ1v) is 12.4. The molecule has 2 aromatic rings. The highest BCUT2D eigenvalue weighted by Gasteiger charge is 2.39. The van der Waals surface area contributed by atoms with Crippen LogP contribution in [-0.2, 0) is 16.0 Å². The molecule has 0 unspecified atom stereocenters. The molecule has 0 radical (unpaired) electrons. The fraction of sp³-hybridized carbons (Fsp3) is 0.500. The predicted octanol–water partition coefficient (Wildman–Crippen LogP) is 4.90. The molecular weight excluding hydrogens is 412 g/mol. The number of benzene rings is 2. The Morgan fingerprint density at radius 2 is 1.76 bits per heavy atom. The number of rotatable bonds is 8. The fourth-order valence-electron chi connectivity index (χ4n) is 4.79. The molecule has 2 aromatic carbocycles. The van der Waals surface area contributed by atoms with Crippen LogP contribution in [0.3, 0.4) is 0 Å². The van der Waals surface area contributed by atoms with E-state index < -0.39 is 6.10 Å². The molecule has 1 heterocycles. The molecule has 0 spiro atoms. The summed E-state index contributed by atoms with van der Waals surface area (Å²) in [6, 6.07) is 14.5. The zero-order chi connectivity index (χ0) is 23.5. The second kappa shape index (κ2) is 9.98. The molecule has 5 nitrogen and oxygen atoms in total. The molecule has 0 aromatic heterocycles. The lowest BCUT2D eigenvalue weighted by Crippen LogP contribution is -2.42. The number of likely N-dealkylation sites (N-methyl/N-ethyl adjacent to an activating group) is 1. The van der Waals surface area contributed by atoms with Gasteiger partial charge in [0.05, 0.1) is 6.04 Å². The van der Waals surface area contributed by atoms with Crippen LogP contribution in [-0.4, -0.2) is 47.4 Å². The molecule has 1 aliphatic heterocycles. The van der Waals surface area contributed by atoms with Crippen LogP contribution in [0, 0.1) is 12.8 Å². The van der Waals surface area contributed by atoms with Crippen LogP contribution in [0.25, 0.3) is 0 Å². The first kappa shape index (κ1) is 23.3. The van der Waals surface area contributed by atoms with Gasteiger partial charge < -0.3 is 14.5 Å². The molecule has 5 heteroatoms. The van der Waals surface area contributed by atoms with E-state index in [0.717, 1.165) is 36.9 Å². The molecule has 1 saturated carbocycles. The molecule has 33 heavy (non-hydrogen) atoms. The summed E-state index contributed by atoms with van der Waals surface area (Å²) >= 11 is 0. The molecule has 1 fully saturated rings. The lowest BCUT2D eigenvalue weighted by atomic mass is 9.87. The van der Waals surface area contributed by atoms with Gasteiger partial charge in [-0.2, -0.15) is 0 Å². The van der Waals surface area contributed by atoms with E-state index in [2.05, 4.69) is 48.2 Å². The van der Waals surface area contributed by atoms with Crippen molar-refractivity contribution in [2.45, 2.75) is 65.5 Å². The molecule has 176 valence electrons. The number of hydrogen-bond donors (Lipinski definition) is 0. The van der Waals surface area contributed by atoms with Crippen molar-refractivity contribution in [2.24, 2.45) is 5.92 Å². The normalized spacial score (nSPS) is 18.4. The maximum Gasteiger partial charge on any atom is 0.263 e. The van der Waals surface area contributed by atoms with Gasteiger partial charge in [-0.05, 0) is 75.3 Å². The van der Waals surface area contributed by atoms with Crippen LogP contribution < -0.4 is 4.74 Å². The highest BCUT2D eigenvalue weighted by Crippen LogP contribution is 2.41. The van der Waals surface area contributed by atoms with Crippen LogP contribution in [0.5, 0.6) is 5.75 Å². The number of aryl methyl sites for hydroxylation is 1. The van der Waals surface area contributed by atoms with Gasteiger partial charge in [-0.1, -0.05) is 42.8 Å². The lowest BCUT2D eigenvalue weighted by molar-refractivity contribution is -0.138. The van der Waals surface area contributed by atoms with Crippen molar-refractivity contribution in [1.82, 2.24) is 9.80 Å². The van der Waals surface area contributed by atoms with Crippen LogP contribution in [0.1, 0.15) is 68.3 Å². The summed E-state index contributed by atoms with van der Waals surface area (Å²) in [4.78, 5) is 30.0. The number of carbonyl (C=O) groups is 2. The summed E-state index contributed by atoms with van der Waals surface area (Å²) in [6.07, 6.45) is 2.94. The minimum atomic E-state index is -0.506. The van der Waals surface area contributed by atoms with E-state index in [1.165, 1.54) is 11.1 Å². The Hall–Kier alpha value is -2.82. The SMILES string of the molecule is CC[C@@H](Oc1ccc2c(c1)[C@H](c1ccc(C)cc1)N(C(=O)C1CC1)CC2)C(=O)N(CC)CC. The molecule has 2 amide bonds. The highest BCUT2D eigenvalue weighted by atomic mass is 16.5. The van der Waals surface area contributed by atoms with Gasteiger partial charge in [0.15, 0.2) is 6.10 Å². The average molecular weight is 449 g/mol. The number of nitrogens with zero attached hydrogens (tertiary/aromatic N) is 2. The van der Waals surface area contributed by atoms with E-state index in [1.807, 2.05) is 31.7 Å². The van der Waals surface area contributed by atoms with E-state index in [0.29, 0.717) is 25.3 Å². The van der Waals surface area contributed by atoms with Crippen molar-refractivity contribution in [3.8, 4) is 5.75 Å². The third-order valence-corrected chi connectivity index (χ3v) is 6.95. The molecule has 2 aliphatic rings. The monoisotopic (exact) mass is 448 g/mol. The Balaban J connectivity index is 1.68. The van der Waals surface area contributed by atoms with E-state index in [1.54, 1.807) is 0 Å². The molecule has 0 N–H and O–H groups in total. The van der Waals surface area contributed by atoms with E-state index in [9.17, 15) is 9.59 Å². The fourth-order valence-corrected chi connectivity index (χ4v) is 4.79. The molecular formula is C28H36N2O3. The Kier molecular flexibility index (Phi) is 7.06. The van der Waals surface area contributed by atoms with E-state index >= 15 is 0 Å². The number of fused-ring (bicyclic) bond motifs is 1. The summed E-state index contributed by atoms with van der Waals surface area (Å²) in [7, 11) is 0. The first-order chi connectivity index (χ1) is 16.0. The largest absolute Gasteiger partial charge is 0.481 e. The Morgan fingerprint density at radius 3 is 2.36 bits per heavy atom. The minimum Gasteiger partial charge on any atom is -0.481 e. The Labute approximate surface area is 197 Å². The third-order valence-electron chi connectivity index (χ3n) is 6.95. The molecule has 1 aliphatic carbocycles. The maximum atomic E-state index is 13.2. The second-order valence-corrected chi connectivity index (χ2v) is 9.26. The predicted molar refractivity (Wildman–Crippen MR) is 130 cm³/mol. The average Bonchev–Trinajstić information content (AvgIpc) is 3.68. The van der Waals surface area contributed by atoms with Crippen LogP contribution in [0.15, 0.2) is 42.5 Å². The van der Waals surface area contributed by atoms with Gasteiger partial charge in [-0.15, -0.1) is 0 Å². The maximum absolute atomic E-state index is 13.2. The first-order valence-electron chi connectivity index (χ1n) is 12.4. The van der Waals surface area contributed by atoms with Crippen LogP contribution in [0.4, 0.5) is 0 Å². The van der Waals surface area contributed by atoms with Gasteiger partial charge >= 0.3 is 0 Å². The summed E-state index contributed by atoms with van der Waals surface area (Å²) in [5, 5.41) is 0. The smallest absolute Gasteiger partial charge is 0.263 e. The number of carbonyl (C=O) groups excluding carboxylic acids is 2. The van der Waals surface area contributed by atoms with Crippen molar-refractivity contribution in [2.75, 3.05) is 19.6 Å². The van der Waals surface area contributed by atoms with Gasteiger partial charge in [0.1, 0.15) is 5.75 Å². The highest BCUT2D eigenvalue weighted by molar-refractivity contribution is 5.82. The van der Waals surface area contributed by atoms with Gasteiger partial charge in [-0.25, -0.2) is 0 Å². The minimum absolute atomic E-state index is 0.0286. The summed E-state index contributed by atoms with van der Waals surface area (Å²) in [5.74, 6) is 1.16. The molecule has 4 rings (SSSR count). The summed E-state index contributed by atoms with van der Waals surface area (Å²) in [6.45, 7) is 10.1. The van der Waals surface area contributed by atoms with Crippen molar-refractivity contribution in [3.05, 3.63) is 64.7 Å². The molecule has 2 atom stereocenters. The quantitative estimate of drug-likeness (QED) is 0.577. The number of amides is 2. The zero-order valence-electron chi connectivity index (χ0n) is 20.3. The van der Waals surface area contributed by atoms with Crippen molar-refractivity contribution in [3.63, 3.8) is 0 Å². The van der Waals surface area contributed by atoms with E-state index in [-0.39, 0.29) is 23.8 Å². The number of hydrogen-bond acceptors (Lipinski definition) is 3. The van der Waals surface area contributed by atoms with E-state index in [4.69, 9.17) is 4.74 Å². The van der Waals surface area contributed by atoms with Crippen LogP contribution >= 0.6 is 0 Å². The van der Waals surface area contributed by atoms with Crippen LogP contribution in [0.2, 0.25) is 0 Å². The molecule has 0 saturated heterocycles. The van der Waals surface area contributed by atoms with Gasteiger partial charge in [0, 0.05) is 25.6 Å². The van der Waals surface area contributed by atoms with Crippen molar-refractivity contribution >= 4 is 11.8 Å². The summed E-state index contributed by atoms with van der Waals surface area (Å²) in [5.41, 5.74) is 4.68. The van der Waals surface area contributed by atoms with Gasteiger partial charge in [0.25, 0.3) is 5.91 Å². The molecule has 0 bridgehead atoms. The van der Waals surface area contributed by atoms with Crippen molar-refractivity contribution in [1.29, 1.82) is 0 Å². The van der Waals surface area contributed by atoms with Gasteiger partial charge in [-0.3, -0.25) is 9.59 Å². The standard InChI is InChI=1S/C28H36N2O3/c1-5-25(28(32)29(6-2)7-3)33-23-15-14-20-16-17-30(27(31)22-12-13-22)26(24(20)18-23)21-10-8-19(4)9-11-21/h8-11,14-15,18,22,25-26H,5-7,12-13,16-17H2,1-4H3/t25-,26+/m1/s1. The third kappa shape index (κ3) is 4.92. The Bertz CT molecular complexity index is 993. The number of ether oxygens (including phenoxy) is 1. The zero-order valence-corrected chi connectivity index (χ0v) is 20.3. The van der Waals surface area contributed by atoms with Gasteiger partial charge in [0.2, 0.25) is 5.91 Å². The van der Waals surface area contributed by atoms with Crippen molar-refractivity contribution < 1.29 is 14.3 Å². The summed E-state index contributed by atoms with van der Waals surface area (Å²) < 4.78 is 6.24. The lowest BCUT2D eigenvalue weighted by Gasteiger charge is -2.38. The Morgan fingerprint density at radius 1 is 1.06 bits per heavy atom.